The van der Waals surface area contributed by atoms with Crippen molar-refractivity contribution in [2.75, 3.05) is 18.1 Å². The van der Waals surface area contributed by atoms with E-state index in [-0.39, 0.29) is 30.9 Å². The van der Waals surface area contributed by atoms with Crippen molar-refractivity contribution in [2.24, 2.45) is 0 Å². The fraction of sp³-hybridized carbons (Fsp3) is 0.524. The van der Waals surface area contributed by atoms with E-state index in [1.54, 1.807) is 16.8 Å². The molecule has 1 atom stereocenters. The van der Waals surface area contributed by atoms with Crippen LogP contribution in [-0.2, 0) is 6.54 Å². The molecule has 7 nitrogen and oxygen atoms in total. The molecule has 1 aromatic carbocycles. The van der Waals surface area contributed by atoms with Gasteiger partial charge in [-0.15, -0.1) is 5.10 Å². The predicted octanol–water partition coefficient (Wildman–Crippen LogP) is 3.27. The Balaban J connectivity index is 1.80. The fourth-order valence-electron chi connectivity index (χ4n) is 3.94. The summed E-state index contributed by atoms with van der Waals surface area (Å²) in [6.45, 7) is 5.38. The van der Waals surface area contributed by atoms with Gasteiger partial charge in [-0.2, -0.15) is 0 Å². The summed E-state index contributed by atoms with van der Waals surface area (Å²) < 4.78 is 15.8. The Labute approximate surface area is 169 Å². The summed E-state index contributed by atoms with van der Waals surface area (Å²) >= 11 is 0. The Morgan fingerprint density at radius 1 is 1.21 bits per heavy atom. The second-order valence-electron chi connectivity index (χ2n) is 7.93. The summed E-state index contributed by atoms with van der Waals surface area (Å²) in [4.78, 5) is 11.8. The van der Waals surface area contributed by atoms with Crippen LogP contribution in [0, 0.1) is 5.82 Å². The number of fused-ring (bicyclic) bond motifs is 1. The predicted molar refractivity (Wildman–Crippen MR) is 109 cm³/mol. The van der Waals surface area contributed by atoms with Gasteiger partial charge in [-0.25, -0.2) is 19.0 Å². The van der Waals surface area contributed by atoms with Crippen molar-refractivity contribution in [1.82, 2.24) is 25.0 Å². The van der Waals surface area contributed by atoms with E-state index in [0.29, 0.717) is 23.1 Å². The highest BCUT2D eigenvalue weighted by Crippen LogP contribution is 2.31. The van der Waals surface area contributed by atoms with Crippen molar-refractivity contribution < 1.29 is 9.50 Å². The van der Waals surface area contributed by atoms with Gasteiger partial charge < -0.3 is 10.0 Å². The Hall–Kier alpha value is -2.61. The van der Waals surface area contributed by atoms with E-state index < -0.39 is 0 Å². The van der Waals surface area contributed by atoms with Crippen LogP contribution in [0.25, 0.3) is 11.2 Å². The quantitative estimate of drug-likeness (QED) is 0.686. The Morgan fingerprint density at radius 2 is 2.03 bits per heavy atom. The van der Waals surface area contributed by atoms with Gasteiger partial charge in [0.25, 0.3) is 0 Å². The molecule has 29 heavy (non-hydrogen) atoms. The maximum absolute atomic E-state index is 14.2. The van der Waals surface area contributed by atoms with Crippen LogP contribution in [0.15, 0.2) is 24.3 Å². The Bertz CT molecular complexity index is 986. The van der Waals surface area contributed by atoms with Gasteiger partial charge in [-0.05, 0) is 31.7 Å². The van der Waals surface area contributed by atoms with Gasteiger partial charge >= 0.3 is 0 Å². The van der Waals surface area contributed by atoms with E-state index >= 15 is 0 Å². The maximum atomic E-state index is 14.2. The number of benzene rings is 1. The van der Waals surface area contributed by atoms with E-state index in [4.69, 9.17) is 9.97 Å². The first kappa shape index (κ1) is 19.7. The van der Waals surface area contributed by atoms with Crippen LogP contribution >= 0.6 is 0 Å². The first-order chi connectivity index (χ1) is 14.1. The lowest BCUT2D eigenvalue weighted by Gasteiger charge is -2.36. The van der Waals surface area contributed by atoms with Crippen molar-refractivity contribution in [1.29, 1.82) is 0 Å². The molecule has 2 aromatic heterocycles. The summed E-state index contributed by atoms with van der Waals surface area (Å²) in [5.41, 5.74) is 1.80. The zero-order chi connectivity index (χ0) is 20.4. The molecule has 0 amide bonds. The zero-order valence-corrected chi connectivity index (χ0v) is 16.9. The van der Waals surface area contributed by atoms with E-state index in [2.05, 4.69) is 29.1 Å². The molecule has 0 bridgehead atoms. The van der Waals surface area contributed by atoms with Crippen LogP contribution in [0.2, 0.25) is 0 Å². The summed E-state index contributed by atoms with van der Waals surface area (Å²) in [7, 11) is 0. The molecule has 3 aromatic rings. The number of nitrogens with zero attached hydrogens (tertiary/aromatic N) is 6. The second kappa shape index (κ2) is 8.41. The Morgan fingerprint density at radius 3 is 2.79 bits per heavy atom. The smallest absolute Gasteiger partial charge is 0.184 e. The number of anilines is 1. The Kier molecular flexibility index (Phi) is 5.71. The molecule has 0 spiro atoms. The third kappa shape index (κ3) is 3.94. The maximum Gasteiger partial charge on any atom is 0.184 e. The average Bonchev–Trinajstić information content (AvgIpc) is 3.12. The van der Waals surface area contributed by atoms with Gasteiger partial charge in [-0.3, -0.25) is 0 Å². The van der Waals surface area contributed by atoms with Gasteiger partial charge in [0.15, 0.2) is 17.0 Å². The standard InChI is InChI=1S/C21H27FN6O/c1-14(2)19-23-20(27-11-6-5-8-16(27)10-12-29)18-21(24-19)28(26-25-18)13-15-7-3-4-9-17(15)22/h3-4,7,9,14,16,29H,5-6,8,10-13H2,1-2H3. The molecule has 1 saturated heterocycles. The summed E-state index contributed by atoms with van der Waals surface area (Å²) in [6, 6.07) is 6.90. The molecule has 3 heterocycles. The van der Waals surface area contributed by atoms with Crippen molar-refractivity contribution >= 4 is 17.0 Å². The van der Waals surface area contributed by atoms with Gasteiger partial charge in [0.05, 0.1) is 6.54 Å². The lowest BCUT2D eigenvalue weighted by atomic mass is 9.99. The number of halogens is 1. The second-order valence-corrected chi connectivity index (χ2v) is 7.93. The van der Waals surface area contributed by atoms with E-state index in [0.717, 1.165) is 37.4 Å². The minimum absolute atomic E-state index is 0.135. The van der Waals surface area contributed by atoms with Gasteiger partial charge in [0.2, 0.25) is 0 Å². The molecule has 0 aliphatic carbocycles. The minimum Gasteiger partial charge on any atom is -0.396 e. The molecule has 1 unspecified atom stereocenters. The fourth-order valence-corrected chi connectivity index (χ4v) is 3.94. The van der Waals surface area contributed by atoms with Crippen LogP contribution in [0.4, 0.5) is 10.2 Å². The monoisotopic (exact) mass is 398 g/mol. The molecule has 1 aliphatic rings. The third-order valence-corrected chi connectivity index (χ3v) is 5.52. The lowest BCUT2D eigenvalue weighted by Crippen LogP contribution is -2.41. The summed E-state index contributed by atoms with van der Waals surface area (Å²) in [5.74, 6) is 1.36. The van der Waals surface area contributed by atoms with E-state index in [1.165, 1.54) is 6.07 Å². The molecule has 0 radical (unpaired) electrons. The van der Waals surface area contributed by atoms with Crippen LogP contribution in [0.3, 0.4) is 0 Å². The number of rotatable bonds is 6. The minimum atomic E-state index is -0.270. The van der Waals surface area contributed by atoms with Gasteiger partial charge in [0, 0.05) is 30.7 Å². The van der Waals surface area contributed by atoms with E-state index in [1.807, 2.05) is 6.07 Å². The number of hydrogen-bond donors (Lipinski definition) is 1. The molecule has 0 saturated carbocycles. The zero-order valence-electron chi connectivity index (χ0n) is 16.9. The van der Waals surface area contributed by atoms with Crippen LogP contribution in [0.1, 0.15) is 56.8 Å². The van der Waals surface area contributed by atoms with Crippen molar-refractivity contribution in [3.8, 4) is 0 Å². The molecular formula is C21H27FN6O. The van der Waals surface area contributed by atoms with Crippen molar-refractivity contribution in [2.45, 2.75) is 58.0 Å². The molecule has 8 heteroatoms. The molecule has 1 N–H and O–H groups in total. The van der Waals surface area contributed by atoms with E-state index in [9.17, 15) is 9.50 Å². The SMILES string of the molecule is CC(C)c1nc(N2CCCCC2CCO)c2nnn(Cc3ccccc3F)c2n1. The normalized spacial score (nSPS) is 17.4. The molecule has 154 valence electrons. The molecule has 1 aliphatic heterocycles. The first-order valence-corrected chi connectivity index (χ1v) is 10.3. The highest BCUT2D eigenvalue weighted by molar-refractivity contribution is 5.83. The van der Waals surface area contributed by atoms with Crippen LogP contribution in [0.5, 0.6) is 0 Å². The number of aromatic nitrogens is 5. The van der Waals surface area contributed by atoms with Crippen molar-refractivity contribution in [3.63, 3.8) is 0 Å². The number of piperidine rings is 1. The third-order valence-electron chi connectivity index (χ3n) is 5.52. The van der Waals surface area contributed by atoms with Gasteiger partial charge in [-0.1, -0.05) is 37.3 Å². The molecule has 1 fully saturated rings. The van der Waals surface area contributed by atoms with Crippen LogP contribution < -0.4 is 4.90 Å². The van der Waals surface area contributed by atoms with Crippen LogP contribution in [-0.4, -0.2) is 49.3 Å². The lowest BCUT2D eigenvalue weighted by molar-refractivity contribution is 0.262. The first-order valence-electron chi connectivity index (χ1n) is 10.3. The highest BCUT2D eigenvalue weighted by Gasteiger charge is 2.28. The highest BCUT2D eigenvalue weighted by atomic mass is 19.1. The summed E-state index contributed by atoms with van der Waals surface area (Å²) in [6.07, 6.45) is 3.94. The number of aliphatic hydroxyl groups excluding tert-OH is 1. The number of aliphatic hydroxyl groups is 1. The average molecular weight is 398 g/mol. The topological polar surface area (TPSA) is 80.0 Å². The molecular weight excluding hydrogens is 371 g/mol. The largest absolute Gasteiger partial charge is 0.396 e. The van der Waals surface area contributed by atoms with Gasteiger partial charge in [0.1, 0.15) is 11.6 Å². The van der Waals surface area contributed by atoms with Crippen molar-refractivity contribution in [3.05, 3.63) is 41.5 Å². The number of hydrogen-bond acceptors (Lipinski definition) is 6. The molecule has 4 rings (SSSR count). The summed E-state index contributed by atoms with van der Waals surface area (Å²) in [5, 5.41) is 18.2.